The Balaban J connectivity index is 1.21. The number of fused-ring (bicyclic) bond motifs is 5. The Bertz CT molecular complexity index is 1940. The third-order valence-corrected chi connectivity index (χ3v) is 10.6. The maximum absolute atomic E-state index is 12.3. The molecular formula is C21H25N9O11P2S2. The first-order valence-electron chi connectivity index (χ1n) is 13.1. The number of nitrogens with two attached hydrogens (primary N) is 2. The third-order valence-electron chi connectivity index (χ3n) is 7.47. The van der Waals surface area contributed by atoms with Crippen LogP contribution in [0.2, 0.25) is 0 Å². The lowest BCUT2D eigenvalue weighted by Crippen LogP contribution is -2.36. The zero-order chi connectivity index (χ0) is 31.8. The summed E-state index contributed by atoms with van der Waals surface area (Å²) in [6.07, 6.45) is -6.60. The minimum absolute atomic E-state index is 0.0145. The smallest absolute Gasteiger partial charge is 0.325 e. The fourth-order valence-corrected chi connectivity index (χ4v) is 8.29. The van der Waals surface area contributed by atoms with Gasteiger partial charge in [-0.3, -0.25) is 23.4 Å². The molecule has 0 radical (unpaired) electrons. The summed E-state index contributed by atoms with van der Waals surface area (Å²) in [7, 11) is 0. The van der Waals surface area contributed by atoms with Crippen molar-refractivity contribution in [3.63, 3.8) is 0 Å². The van der Waals surface area contributed by atoms with Crippen LogP contribution in [-0.4, -0.2) is 104 Å². The number of aliphatic hydroxyl groups is 2. The average molecular weight is 706 g/mol. The Morgan fingerprint density at radius 1 is 0.911 bits per heavy atom. The molecule has 4 unspecified atom stereocenters. The van der Waals surface area contributed by atoms with E-state index in [4.69, 9.17) is 62.6 Å². The molecule has 0 saturated carbocycles. The van der Waals surface area contributed by atoms with Gasteiger partial charge in [0.1, 0.15) is 54.4 Å². The van der Waals surface area contributed by atoms with Gasteiger partial charge >= 0.3 is 13.4 Å². The molecule has 10 atom stereocenters. The van der Waals surface area contributed by atoms with Gasteiger partial charge in [-0.1, -0.05) is 0 Å². The Morgan fingerprint density at radius 3 is 2.36 bits per heavy atom. The van der Waals surface area contributed by atoms with E-state index in [0.717, 1.165) is 0 Å². The molecule has 24 heteroatoms. The van der Waals surface area contributed by atoms with Crippen molar-refractivity contribution in [3.05, 3.63) is 35.3 Å². The van der Waals surface area contributed by atoms with E-state index in [1.54, 1.807) is 12.3 Å². The second kappa shape index (κ2) is 11.3. The Hall–Kier alpha value is -2.53. The van der Waals surface area contributed by atoms with Crippen LogP contribution in [0, 0.1) is 0 Å². The van der Waals surface area contributed by atoms with Gasteiger partial charge in [0.2, 0.25) is 5.95 Å². The van der Waals surface area contributed by atoms with Gasteiger partial charge in [-0.25, -0.2) is 15.0 Å². The molecule has 0 amide bonds. The van der Waals surface area contributed by atoms with Crippen molar-refractivity contribution >= 4 is 71.0 Å². The first-order chi connectivity index (χ1) is 21.3. The second-order valence-electron chi connectivity index (χ2n) is 10.3. The third kappa shape index (κ3) is 5.59. The Kier molecular flexibility index (Phi) is 7.82. The van der Waals surface area contributed by atoms with Crippen LogP contribution in [0.4, 0.5) is 11.8 Å². The van der Waals surface area contributed by atoms with E-state index < -0.39 is 81.3 Å². The molecule has 20 nitrogen and oxygen atoms in total. The molecule has 3 saturated heterocycles. The normalized spacial score (nSPS) is 37.7. The molecule has 9 N–H and O–H groups in total. The molecule has 3 aliphatic heterocycles. The molecule has 3 aliphatic rings. The first-order valence-corrected chi connectivity index (χ1v) is 18.3. The highest BCUT2D eigenvalue weighted by atomic mass is 32.5. The van der Waals surface area contributed by atoms with E-state index >= 15 is 0 Å². The zero-order valence-corrected chi connectivity index (χ0v) is 26.0. The van der Waals surface area contributed by atoms with Crippen molar-refractivity contribution in [1.82, 2.24) is 34.1 Å². The number of aromatic amines is 1. The number of nitrogen functional groups attached to an aromatic ring is 2. The number of imidazole rings is 1. The number of rotatable bonds is 2. The number of nitrogens with one attached hydrogen (secondary N) is 1. The van der Waals surface area contributed by atoms with Crippen molar-refractivity contribution in [2.75, 3.05) is 24.7 Å². The topological polar surface area (TPSA) is 283 Å². The predicted molar refractivity (Wildman–Crippen MR) is 159 cm³/mol. The first kappa shape index (κ1) is 31.1. The van der Waals surface area contributed by atoms with Crippen LogP contribution in [0.1, 0.15) is 12.5 Å². The minimum Gasteiger partial charge on any atom is -0.387 e. The molecule has 4 aromatic heterocycles. The summed E-state index contributed by atoms with van der Waals surface area (Å²) in [4.78, 5) is 53.1. The van der Waals surface area contributed by atoms with Crippen molar-refractivity contribution in [1.29, 1.82) is 0 Å². The average Bonchev–Trinajstić information content (AvgIpc) is 3.72. The van der Waals surface area contributed by atoms with Crippen molar-refractivity contribution < 1.29 is 47.6 Å². The zero-order valence-electron chi connectivity index (χ0n) is 22.5. The minimum atomic E-state index is -4.22. The Labute approximate surface area is 261 Å². The Morgan fingerprint density at radius 2 is 1.60 bits per heavy atom. The lowest BCUT2D eigenvalue weighted by atomic mass is 10.1. The van der Waals surface area contributed by atoms with Crippen LogP contribution < -0.4 is 17.0 Å². The van der Waals surface area contributed by atoms with Gasteiger partial charge in [0.25, 0.3) is 5.56 Å². The quantitative estimate of drug-likeness (QED) is 0.117. The van der Waals surface area contributed by atoms with Gasteiger partial charge in [0.05, 0.1) is 24.9 Å². The maximum Gasteiger partial charge on any atom is 0.325 e. The van der Waals surface area contributed by atoms with Gasteiger partial charge in [0, 0.05) is 6.20 Å². The molecular weight excluding hydrogens is 680 g/mol. The van der Waals surface area contributed by atoms with Crippen LogP contribution >= 0.6 is 13.4 Å². The molecule has 7 heterocycles. The van der Waals surface area contributed by atoms with Crippen LogP contribution in [-0.2, 0) is 51.2 Å². The van der Waals surface area contributed by atoms with E-state index in [1.807, 2.05) is 0 Å². The molecule has 0 aliphatic carbocycles. The number of aromatic nitrogens is 7. The highest BCUT2D eigenvalue weighted by Gasteiger charge is 2.52. The number of hydrogen-bond donors (Lipinski definition) is 7. The van der Waals surface area contributed by atoms with Crippen molar-refractivity contribution in [2.45, 2.75) is 49.1 Å². The van der Waals surface area contributed by atoms with Crippen molar-refractivity contribution in [3.8, 4) is 0 Å². The van der Waals surface area contributed by atoms with E-state index in [9.17, 15) is 24.8 Å². The molecule has 45 heavy (non-hydrogen) atoms. The molecule has 0 aromatic carbocycles. The van der Waals surface area contributed by atoms with Crippen LogP contribution in [0.5, 0.6) is 0 Å². The largest absolute Gasteiger partial charge is 0.387 e. The number of hydrogen-bond acceptors (Lipinski definition) is 17. The standard InChI is InChI=1S/C21H25N9O11P2S2/c22-15-7-1-2-29(16(7)25-5-24-15)19-12(32)13-9(39-19)4-37-43(35,45)41-14-11(31)8(3-36-42(34,44)40-13)38-20(14)30-6-26-10-17(30)27-21(23)28-18(10)33/h1-2,5-6,8-9,11-14,19-20,31-32H,3-4H2,(H,34,44)(H,35,45)(H2,22,24,25)(H3,23,27,28,33)/t8-,9-,11+,12?,13+,14?,19-,20-,42?,43?/m1/s1. The lowest BCUT2D eigenvalue weighted by molar-refractivity contribution is -0.0606. The van der Waals surface area contributed by atoms with Crippen molar-refractivity contribution in [2.24, 2.45) is 0 Å². The fourth-order valence-electron chi connectivity index (χ4n) is 5.44. The van der Waals surface area contributed by atoms with Gasteiger partial charge in [-0.15, -0.1) is 0 Å². The van der Waals surface area contributed by atoms with E-state index in [0.29, 0.717) is 11.0 Å². The summed E-state index contributed by atoms with van der Waals surface area (Å²) >= 11 is 10.5. The predicted octanol–water partition coefficient (Wildman–Crippen LogP) is -1.50. The van der Waals surface area contributed by atoms with Gasteiger partial charge < -0.3 is 54.6 Å². The molecule has 7 rings (SSSR count). The number of H-pyrrole nitrogens is 1. The molecule has 0 spiro atoms. The molecule has 4 aromatic rings. The second-order valence-corrected chi connectivity index (χ2v) is 15.9. The van der Waals surface area contributed by atoms with E-state index in [-0.39, 0.29) is 22.9 Å². The number of anilines is 2. The van der Waals surface area contributed by atoms with Gasteiger partial charge in [-0.2, -0.15) is 4.98 Å². The van der Waals surface area contributed by atoms with E-state index in [2.05, 4.69) is 24.9 Å². The number of nitrogens with zero attached hydrogens (tertiary/aromatic N) is 6. The van der Waals surface area contributed by atoms with E-state index in [1.165, 1.54) is 21.8 Å². The van der Waals surface area contributed by atoms with Crippen LogP contribution in [0.25, 0.3) is 22.2 Å². The summed E-state index contributed by atoms with van der Waals surface area (Å²) in [5.41, 5.74) is 11.3. The fraction of sp³-hybridized carbons (Fsp3) is 0.476. The van der Waals surface area contributed by atoms with Crippen LogP contribution in [0.3, 0.4) is 0 Å². The summed E-state index contributed by atoms with van der Waals surface area (Å²) in [6.45, 7) is -9.43. The monoisotopic (exact) mass is 705 g/mol. The number of aliphatic hydroxyl groups excluding tert-OH is 2. The summed E-state index contributed by atoms with van der Waals surface area (Å²) in [5, 5.41) is 23.0. The van der Waals surface area contributed by atoms with Gasteiger partial charge in [-0.05, 0) is 29.7 Å². The lowest BCUT2D eigenvalue weighted by Gasteiger charge is -2.28. The number of ether oxygens (including phenoxy) is 2. The highest BCUT2D eigenvalue weighted by Crippen LogP contribution is 2.54. The maximum atomic E-state index is 12.3. The highest BCUT2D eigenvalue weighted by molar-refractivity contribution is 8.07. The molecule has 2 bridgehead atoms. The SMILES string of the molecule is Nc1nc2c(ncn2[C@@H]2O[C@@H]3COP(O)(=S)O[C@@H]4C(O)[C@H](n5ccc6c(N)ncnc65)O[C@@H]4COP(O)(=S)OC2[C@H]3O)c(=O)[nH]1. The van der Waals surface area contributed by atoms with Gasteiger partial charge in [0.15, 0.2) is 23.6 Å². The summed E-state index contributed by atoms with van der Waals surface area (Å²) in [5.74, 6) is -0.00529. The van der Waals surface area contributed by atoms with Crippen LogP contribution in [0.15, 0.2) is 29.7 Å². The summed E-state index contributed by atoms with van der Waals surface area (Å²) in [6, 6.07) is 1.63. The summed E-state index contributed by atoms with van der Waals surface area (Å²) < 4.78 is 37.4. The molecule has 3 fully saturated rings. The molecule has 242 valence electrons.